The Balaban J connectivity index is 2.46. The van der Waals surface area contributed by atoms with Crippen molar-refractivity contribution in [3.8, 4) is 0 Å². The predicted molar refractivity (Wildman–Crippen MR) is 81.4 cm³/mol. The predicted octanol–water partition coefficient (Wildman–Crippen LogP) is 3.42. The Bertz CT molecular complexity index is 623. The van der Waals surface area contributed by atoms with Gasteiger partial charge in [0.25, 0.3) is 0 Å². The van der Waals surface area contributed by atoms with E-state index in [4.69, 9.17) is 0 Å². The molecule has 0 radical (unpaired) electrons. The van der Waals surface area contributed by atoms with Crippen molar-refractivity contribution in [1.82, 2.24) is 4.98 Å². The van der Waals surface area contributed by atoms with Gasteiger partial charge >= 0.3 is 5.97 Å². The zero-order chi connectivity index (χ0) is 14.7. The molecule has 0 fully saturated rings. The second-order valence-corrected chi connectivity index (χ2v) is 5.45. The summed E-state index contributed by atoms with van der Waals surface area (Å²) in [4.78, 5) is 17.5. The summed E-state index contributed by atoms with van der Waals surface area (Å²) in [5.74, 6) is -0.376. The fourth-order valence-corrected chi connectivity index (χ4v) is 2.15. The molecule has 1 aromatic carbocycles. The largest absolute Gasteiger partial charge is 0.477 e. The summed E-state index contributed by atoms with van der Waals surface area (Å²) in [5, 5.41) is 10.2. The van der Waals surface area contributed by atoms with Crippen LogP contribution in [0.4, 0.5) is 5.69 Å². The van der Waals surface area contributed by atoms with E-state index in [0.29, 0.717) is 5.92 Å². The minimum absolute atomic E-state index is 0.0927. The van der Waals surface area contributed by atoms with Crippen molar-refractivity contribution in [2.75, 3.05) is 18.5 Å². The Morgan fingerprint density at radius 3 is 2.70 bits per heavy atom. The maximum atomic E-state index is 11.2. The first-order chi connectivity index (χ1) is 9.49. The summed E-state index contributed by atoms with van der Waals surface area (Å²) in [6, 6.07) is 9.31. The lowest BCUT2D eigenvalue weighted by Gasteiger charge is -2.22. The first-order valence-electron chi connectivity index (χ1n) is 6.83. The topological polar surface area (TPSA) is 53.4 Å². The van der Waals surface area contributed by atoms with Gasteiger partial charge in [0, 0.05) is 24.7 Å². The summed E-state index contributed by atoms with van der Waals surface area (Å²) >= 11 is 0. The molecule has 0 aliphatic rings. The van der Waals surface area contributed by atoms with Gasteiger partial charge in [-0.25, -0.2) is 9.78 Å². The van der Waals surface area contributed by atoms with E-state index in [1.807, 2.05) is 31.3 Å². The van der Waals surface area contributed by atoms with Gasteiger partial charge in [0.1, 0.15) is 0 Å². The maximum Gasteiger partial charge on any atom is 0.354 e. The molecular formula is C16H20N2O2. The van der Waals surface area contributed by atoms with Crippen molar-refractivity contribution in [3.63, 3.8) is 0 Å². The summed E-state index contributed by atoms with van der Waals surface area (Å²) in [6.07, 6.45) is 1.07. The molecule has 1 heterocycles. The molecule has 0 amide bonds. The van der Waals surface area contributed by atoms with Crippen molar-refractivity contribution < 1.29 is 9.90 Å². The van der Waals surface area contributed by atoms with Crippen molar-refractivity contribution in [3.05, 3.63) is 36.0 Å². The first kappa shape index (κ1) is 14.3. The Labute approximate surface area is 119 Å². The third kappa shape index (κ3) is 3.07. The molecule has 0 bridgehead atoms. The lowest BCUT2D eigenvalue weighted by atomic mass is 10.1. The summed E-state index contributed by atoms with van der Waals surface area (Å²) in [5.41, 5.74) is 1.74. The van der Waals surface area contributed by atoms with E-state index in [9.17, 15) is 9.90 Å². The van der Waals surface area contributed by atoms with Crippen molar-refractivity contribution in [2.24, 2.45) is 5.92 Å². The van der Waals surface area contributed by atoms with Gasteiger partial charge in [0.05, 0.1) is 5.52 Å². The lowest BCUT2D eigenvalue weighted by molar-refractivity contribution is 0.0691. The lowest BCUT2D eigenvalue weighted by Crippen LogP contribution is -2.21. The molecule has 4 heteroatoms. The number of pyridine rings is 1. The van der Waals surface area contributed by atoms with Crippen LogP contribution in [0.15, 0.2) is 30.3 Å². The van der Waals surface area contributed by atoms with Crippen molar-refractivity contribution in [1.29, 1.82) is 0 Å². The van der Waals surface area contributed by atoms with Crippen molar-refractivity contribution >= 4 is 22.6 Å². The average Bonchev–Trinajstić information content (AvgIpc) is 2.43. The van der Waals surface area contributed by atoms with Crippen LogP contribution in [-0.2, 0) is 0 Å². The van der Waals surface area contributed by atoms with Gasteiger partial charge in [-0.3, -0.25) is 0 Å². The molecule has 0 aliphatic carbocycles. The molecule has 0 atom stereocenters. The number of carbonyl (C=O) groups is 1. The van der Waals surface area contributed by atoms with Crippen molar-refractivity contribution in [2.45, 2.75) is 20.3 Å². The number of anilines is 1. The number of fused-ring (bicyclic) bond motifs is 1. The highest BCUT2D eigenvalue weighted by atomic mass is 16.4. The van der Waals surface area contributed by atoms with Crippen LogP contribution in [0.1, 0.15) is 30.8 Å². The number of rotatable bonds is 5. The molecule has 1 N–H and O–H groups in total. The second kappa shape index (κ2) is 5.90. The summed E-state index contributed by atoms with van der Waals surface area (Å²) in [7, 11) is 2.00. The molecule has 2 rings (SSSR count). The smallest absolute Gasteiger partial charge is 0.354 e. The van der Waals surface area contributed by atoms with Crippen LogP contribution in [0.3, 0.4) is 0 Å². The SMILES string of the molecule is CC(C)CCN(C)c1cc(C(=O)O)nc2ccccc12. The standard InChI is InChI=1S/C16H20N2O2/c1-11(2)8-9-18(3)15-10-14(16(19)20)17-13-7-5-4-6-12(13)15/h4-7,10-11H,8-9H2,1-3H3,(H,19,20). The number of carboxylic acids is 1. The van der Waals surface area contributed by atoms with E-state index in [0.717, 1.165) is 29.6 Å². The van der Waals surface area contributed by atoms with Crippen LogP contribution in [-0.4, -0.2) is 29.7 Å². The van der Waals surface area contributed by atoms with Gasteiger partial charge in [-0.2, -0.15) is 0 Å². The molecular weight excluding hydrogens is 252 g/mol. The van der Waals surface area contributed by atoms with Crippen LogP contribution >= 0.6 is 0 Å². The molecule has 0 spiro atoms. The average molecular weight is 272 g/mol. The van der Waals surface area contributed by atoms with Crippen LogP contribution in [0.25, 0.3) is 10.9 Å². The van der Waals surface area contributed by atoms with Crippen LogP contribution in [0.5, 0.6) is 0 Å². The number of hydrogen-bond donors (Lipinski definition) is 1. The normalized spacial score (nSPS) is 11.0. The van der Waals surface area contributed by atoms with Gasteiger partial charge in [-0.15, -0.1) is 0 Å². The molecule has 1 aromatic heterocycles. The highest BCUT2D eigenvalue weighted by Crippen LogP contribution is 2.26. The molecule has 20 heavy (non-hydrogen) atoms. The van der Waals surface area contributed by atoms with E-state index < -0.39 is 5.97 Å². The Morgan fingerprint density at radius 2 is 2.05 bits per heavy atom. The number of aromatic carboxylic acids is 1. The third-order valence-electron chi connectivity index (χ3n) is 3.37. The number of nitrogens with zero attached hydrogens (tertiary/aromatic N) is 2. The second-order valence-electron chi connectivity index (χ2n) is 5.45. The quantitative estimate of drug-likeness (QED) is 0.906. The molecule has 106 valence electrons. The maximum absolute atomic E-state index is 11.2. The summed E-state index contributed by atoms with van der Waals surface area (Å²) < 4.78 is 0. The highest BCUT2D eigenvalue weighted by Gasteiger charge is 2.13. The van der Waals surface area contributed by atoms with Gasteiger partial charge < -0.3 is 10.0 Å². The minimum atomic E-state index is -0.991. The van der Waals surface area contributed by atoms with E-state index in [1.54, 1.807) is 6.07 Å². The molecule has 2 aromatic rings. The van der Waals surface area contributed by atoms with Crippen LogP contribution in [0, 0.1) is 5.92 Å². The zero-order valence-corrected chi connectivity index (χ0v) is 12.1. The number of aromatic nitrogens is 1. The van der Waals surface area contributed by atoms with Gasteiger partial charge in [0.15, 0.2) is 5.69 Å². The zero-order valence-electron chi connectivity index (χ0n) is 12.1. The number of para-hydroxylation sites is 1. The highest BCUT2D eigenvalue weighted by molar-refractivity contribution is 5.97. The Kier molecular flexibility index (Phi) is 4.23. The molecule has 0 saturated heterocycles. The van der Waals surface area contributed by atoms with Crippen LogP contribution < -0.4 is 4.90 Å². The Morgan fingerprint density at radius 1 is 1.35 bits per heavy atom. The first-order valence-corrected chi connectivity index (χ1v) is 6.83. The van der Waals surface area contributed by atoms with Gasteiger partial charge in [-0.1, -0.05) is 32.0 Å². The fraction of sp³-hybridized carbons (Fsp3) is 0.375. The molecule has 0 aliphatic heterocycles. The van der Waals surface area contributed by atoms with E-state index in [1.165, 1.54) is 0 Å². The molecule has 0 saturated carbocycles. The number of benzene rings is 1. The Hall–Kier alpha value is -2.10. The summed E-state index contributed by atoms with van der Waals surface area (Å²) in [6.45, 7) is 5.26. The molecule has 0 unspecified atom stereocenters. The van der Waals surface area contributed by atoms with Gasteiger partial charge in [-0.05, 0) is 24.5 Å². The van der Waals surface area contributed by atoms with E-state index in [2.05, 4.69) is 23.7 Å². The number of hydrogen-bond acceptors (Lipinski definition) is 3. The fourth-order valence-electron chi connectivity index (χ4n) is 2.15. The van der Waals surface area contributed by atoms with Crippen LogP contribution in [0.2, 0.25) is 0 Å². The number of carboxylic acid groups (broad SMARTS) is 1. The minimum Gasteiger partial charge on any atom is -0.477 e. The molecule has 4 nitrogen and oxygen atoms in total. The third-order valence-corrected chi connectivity index (χ3v) is 3.37. The van der Waals surface area contributed by atoms with Gasteiger partial charge in [0.2, 0.25) is 0 Å². The van der Waals surface area contributed by atoms with E-state index in [-0.39, 0.29) is 5.69 Å². The van der Waals surface area contributed by atoms with E-state index >= 15 is 0 Å². The monoisotopic (exact) mass is 272 g/mol.